The van der Waals surface area contributed by atoms with Crippen molar-refractivity contribution in [1.29, 1.82) is 0 Å². The SMILES string of the molecule is COC(=O)c1c(NC(=S)Nc2cc(C)cc(C)n2)sc2c1CCCCC2. The highest BCUT2D eigenvalue weighted by atomic mass is 32.1. The second kappa shape index (κ2) is 8.14. The minimum Gasteiger partial charge on any atom is -0.465 e. The van der Waals surface area contributed by atoms with Crippen molar-refractivity contribution in [3.63, 3.8) is 0 Å². The number of aromatic nitrogens is 1. The maximum absolute atomic E-state index is 12.4. The molecule has 2 heterocycles. The molecule has 2 N–H and O–H groups in total. The van der Waals surface area contributed by atoms with Crippen LogP contribution in [0.4, 0.5) is 10.8 Å². The van der Waals surface area contributed by atoms with Gasteiger partial charge in [-0.15, -0.1) is 11.3 Å². The summed E-state index contributed by atoms with van der Waals surface area (Å²) >= 11 is 7.05. The first kappa shape index (κ1) is 18.8. The second-order valence-electron chi connectivity index (χ2n) is 6.51. The van der Waals surface area contributed by atoms with Crippen molar-refractivity contribution in [3.8, 4) is 0 Å². The highest BCUT2D eigenvalue weighted by Crippen LogP contribution is 2.38. The maximum atomic E-state index is 12.4. The number of pyridine rings is 1. The van der Waals surface area contributed by atoms with Crippen LogP contribution < -0.4 is 10.6 Å². The smallest absolute Gasteiger partial charge is 0.341 e. The third-order valence-corrected chi connectivity index (χ3v) is 5.79. The number of nitrogens with one attached hydrogen (secondary N) is 2. The molecule has 26 heavy (non-hydrogen) atoms. The number of esters is 1. The lowest BCUT2D eigenvalue weighted by molar-refractivity contribution is 0.0601. The molecule has 0 fully saturated rings. The van der Waals surface area contributed by atoms with E-state index in [0.29, 0.717) is 16.5 Å². The van der Waals surface area contributed by atoms with E-state index in [1.807, 2.05) is 26.0 Å². The summed E-state index contributed by atoms with van der Waals surface area (Å²) in [6.45, 7) is 3.96. The number of aryl methyl sites for hydroxylation is 3. The van der Waals surface area contributed by atoms with Crippen LogP contribution in [0.3, 0.4) is 0 Å². The van der Waals surface area contributed by atoms with Gasteiger partial charge in [0.25, 0.3) is 0 Å². The molecule has 2 aromatic heterocycles. The van der Waals surface area contributed by atoms with Crippen LogP contribution in [0.5, 0.6) is 0 Å². The molecule has 138 valence electrons. The normalized spacial score (nSPS) is 13.5. The monoisotopic (exact) mass is 389 g/mol. The molecule has 0 aliphatic heterocycles. The first-order valence-corrected chi connectivity index (χ1v) is 9.96. The van der Waals surface area contributed by atoms with Gasteiger partial charge < -0.3 is 15.4 Å². The molecule has 7 heteroatoms. The summed E-state index contributed by atoms with van der Waals surface area (Å²) in [7, 11) is 1.42. The van der Waals surface area contributed by atoms with Gasteiger partial charge in [-0.25, -0.2) is 9.78 Å². The third-order valence-electron chi connectivity index (χ3n) is 4.38. The fourth-order valence-corrected chi connectivity index (χ4v) is 4.86. The highest BCUT2D eigenvalue weighted by Gasteiger charge is 2.25. The van der Waals surface area contributed by atoms with E-state index in [2.05, 4.69) is 15.6 Å². The highest BCUT2D eigenvalue weighted by molar-refractivity contribution is 7.80. The molecule has 0 radical (unpaired) electrons. The Bertz CT molecular complexity index is 825. The standard InChI is InChI=1S/C19H23N3O2S2/c1-11-9-12(2)20-15(10-11)21-19(25)22-17-16(18(23)24-3)13-7-5-4-6-8-14(13)26-17/h9-10H,4-8H2,1-3H3,(H2,20,21,22,25). The van der Waals surface area contributed by atoms with E-state index in [0.717, 1.165) is 47.5 Å². The summed E-state index contributed by atoms with van der Waals surface area (Å²) < 4.78 is 5.03. The zero-order valence-corrected chi connectivity index (χ0v) is 16.9. The van der Waals surface area contributed by atoms with Crippen molar-refractivity contribution in [2.45, 2.75) is 46.0 Å². The van der Waals surface area contributed by atoms with Crippen LogP contribution in [0.2, 0.25) is 0 Å². The van der Waals surface area contributed by atoms with E-state index in [4.69, 9.17) is 17.0 Å². The van der Waals surface area contributed by atoms with Gasteiger partial charge in [-0.1, -0.05) is 6.42 Å². The van der Waals surface area contributed by atoms with Crippen LogP contribution in [-0.2, 0) is 17.6 Å². The van der Waals surface area contributed by atoms with Crippen LogP contribution in [0.1, 0.15) is 51.3 Å². The summed E-state index contributed by atoms with van der Waals surface area (Å²) in [6.07, 6.45) is 5.37. The quantitative estimate of drug-likeness (QED) is 0.454. The first-order valence-electron chi connectivity index (χ1n) is 8.74. The average molecular weight is 390 g/mol. The minimum absolute atomic E-state index is 0.306. The van der Waals surface area contributed by atoms with Gasteiger partial charge in [-0.2, -0.15) is 0 Å². The number of nitrogens with zero attached hydrogens (tertiary/aromatic N) is 1. The maximum Gasteiger partial charge on any atom is 0.341 e. The molecule has 0 saturated heterocycles. The Morgan fingerprint density at radius 2 is 1.96 bits per heavy atom. The summed E-state index contributed by atoms with van der Waals surface area (Å²) in [5.74, 6) is 0.386. The van der Waals surface area contributed by atoms with Crippen LogP contribution in [0.25, 0.3) is 0 Å². The molecule has 0 bridgehead atoms. The van der Waals surface area contributed by atoms with Crippen LogP contribution in [0, 0.1) is 13.8 Å². The number of hydrogen-bond donors (Lipinski definition) is 2. The minimum atomic E-state index is -0.306. The number of fused-ring (bicyclic) bond motifs is 1. The van der Waals surface area contributed by atoms with Gasteiger partial charge in [-0.3, -0.25) is 0 Å². The number of rotatable bonds is 3. The molecule has 1 aliphatic rings. The lowest BCUT2D eigenvalue weighted by atomic mass is 10.1. The van der Waals surface area contributed by atoms with Crippen LogP contribution >= 0.6 is 23.6 Å². The molecule has 0 saturated carbocycles. The lowest BCUT2D eigenvalue weighted by Crippen LogP contribution is -2.21. The Balaban J connectivity index is 1.84. The second-order valence-corrected chi connectivity index (χ2v) is 8.02. The number of anilines is 2. The summed E-state index contributed by atoms with van der Waals surface area (Å²) in [5.41, 5.74) is 3.79. The number of carbonyl (C=O) groups excluding carboxylic acids is 1. The zero-order valence-electron chi connectivity index (χ0n) is 15.3. The Kier molecular flexibility index (Phi) is 5.88. The molecule has 0 spiro atoms. The Morgan fingerprint density at radius 1 is 1.19 bits per heavy atom. The van der Waals surface area contributed by atoms with Gasteiger partial charge in [0.2, 0.25) is 0 Å². The summed E-state index contributed by atoms with van der Waals surface area (Å²) in [4.78, 5) is 18.1. The predicted molar refractivity (Wildman–Crippen MR) is 110 cm³/mol. The molecule has 5 nitrogen and oxygen atoms in total. The van der Waals surface area contributed by atoms with E-state index < -0.39 is 0 Å². The van der Waals surface area contributed by atoms with E-state index in [-0.39, 0.29) is 5.97 Å². The molecule has 0 unspecified atom stereocenters. The van der Waals surface area contributed by atoms with Gasteiger partial charge in [0, 0.05) is 10.6 Å². The number of hydrogen-bond acceptors (Lipinski definition) is 5. The van der Waals surface area contributed by atoms with E-state index in [9.17, 15) is 4.79 Å². The van der Waals surface area contributed by atoms with E-state index in [1.54, 1.807) is 11.3 Å². The number of methoxy groups -OCH3 is 1. The van der Waals surface area contributed by atoms with Crippen molar-refractivity contribution < 1.29 is 9.53 Å². The van der Waals surface area contributed by atoms with Crippen LogP contribution in [0.15, 0.2) is 12.1 Å². The molecule has 1 aliphatic carbocycles. The first-order chi connectivity index (χ1) is 12.5. The average Bonchev–Trinajstić information content (AvgIpc) is 2.74. The molecular formula is C19H23N3O2S2. The fourth-order valence-electron chi connectivity index (χ4n) is 3.30. The van der Waals surface area contributed by atoms with Crippen molar-refractivity contribution >= 4 is 45.5 Å². The van der Waals surface area contributed by atoms with Gasteiger partial charge in [-0.05, 0) is 75.0 Å². The zero-order chi connectivity index (χ0) is 18.7. The van der Waals surface area contributed by atoms with Crippen molar-refractivity contribution in [1.82, 2.24) is 4.98 Å². The molecular weight excluding hydrogens is 366 g/mol. The van der Waals surface area contributed by atoms with Gasteiger partial charge in [0.15, 0.2) is 5.11 Å². The topological polar surface area (TPSA) is 63.2 Å². The predicted octanol–water partition coefficient (Wildman–Crippen LogP) is 4.62. The number of carbonyl (C=O) groups is 1. The van der Waals surface area contributed by atoms with Crippen molar-refractivity contribution in [2.24, 2.45) is 0 Å². The molecule has 0 aromatic carbocycles. The van der Waals surface area contributed by atoms with Gasteiger partial charge in [0.05, 0.1) is 12.7 Å². The lowest BCUT2D eigenvalue weighted by Gasteiger charge is -2.11. The Morgan fingerprint density at radius 3 is 2.69 bits per heavy atom. The van der Waals surface area contributed by atoms with Gasteiger partial charge >= 0.3 is 5.97 Å². The van der Waals surface area contributed by atoms with Crippen LogP contribution in [-0.4, -0.2) is 23.2 Å². The third kappa shape index (κ3) is 4.22. The van der Waals surface area contributed by atoms with Crippen molar-refractivity contribution in [2.75, 3.05) is 17.7 Å². The number of ether oxygens (including phenoxy) is 1. The number of thiocarbonyl (C=S) groups is 1. The molecule has 0 amide bonds. The van der Waals surface area contributed by atoms with Gasteiger partial charge in [0.1, 0.15) is 10.8 Å². The van der Waals surface area contributed by atoms with E-state index in [1.165, 1.54) is 18.4 Å². The largest absolute Gasteiger partial charge is 0.465 e. The molecule has 2 aromatic rings. The molecule has 0 atom stereocenters. The summed E-state index contributed by atoms with van der Waals surface area (Å²) in [6, 6.07) is 3.94. The van der Waals surface area contributed by atoms with E-state index >= 15 is 0 Å². The Labute approximate surface area is 163 Å². The number of thiophene rings is 1. The van der Waals surface area contributed by atoms with Crippen molar-refractivity contribution in [3.05, 3.63) is 39.4 Å². The summed E-state index contributed by atoms with van der Waals surface area (Å²) in [5, 5.41) is 7.48. The Hall–Kier alpha value is -1.99. The fraction of sp³-hybridized carbons (Fsp3) is 0.421. The molecule has 3 rings (SSSR count).